The number of thioether (sulfide) groups is 1. The first-order valence-corrected chi connectivity index (χ1v) is 6.01. The largest absolute Gasteiger partial charge is 0.365 e. The molecule has 0 saturated heterocycles. The zero-order valence-electron chi connectivity index (χ0n) is 9.05. The molecule has 0 bridgehead atoms. The minimum Gasteiger partial charge on any atom is -0.365 e. The fourth-order valence-corrected chi connectivity index (χ4v) is 3.00. The Bertz CT molecular complexity index is 493. The quantitative estimate of drug-likeness (QED) is 0.825. The standard InChI is InChI=1S/C11H11N3OS.ClH/c12-10(15)9-8(7-3-1-4-7)14-6-2-5-13-11(14)16-9;/h1,3-4H,2,5-6H2,(H2,12,15);1H. The van der Waals surface area contributed by atoms with Gasteiger partial charge in [0.25, 0.3) is 5.91 Å². The highest BCUT2D eigenvalue weighted by atomic mass is 35.5. The number of amides is 1. The maximum Gasteiger partial charge on any atom is 0.257 e. The van der Waals surface area contributed by atoms with E-state index in [2.05, 4.69) is 9.89 Å². The molecule has 1 amide bonds. The Morgan fingerprint density at radius 3 is 2.88 bits per heavy atom. The van der Waals surface area contributed by atoms with E-state index in [1.807, 2.05) is 18.2 Å². The summed E-state index contributed by atoms with van der Waals surface area (Å²) in [7, 11) is 0. The summed E-state index contributed by atoms with van der Waals surface area (Å²) < 4.78 is 0. The fourth-order valence-electron chi connectivity index (χ4n) is 1.95. The van der Waals surface area contributed by atoms with Crippen LogP contribution in [0.15, 0.2) is 39.4 Å². The van der Waals surface area contributed by atoms with Crippen LogP contribution in [-0.4, -0.2) is 29.1 Å². The van der Waals surface area contributed by atoms with Gasteiger partial charge in [0.1, 0.15) is 4.91 Å². The average molecular weight is 270 g/mol. The molecule has 0 fully saturated rings. The Kier molecular flexibility index (Phi) is 3.31. The number of halogens is 1. The zero-order valence-corrected chi connectivity index (χ0v) is 10.7. The Labute approximate surface area is 110 Å². The van der Waals surface area contributed by atoms with E-state index in [-0.39, 0.29) is 18.3 Å². The van der Waals surface area contributed by atoms with Gasteiger partial charge in [0.05, 0.1) is 5.70 Å². The third-order valence-corrected chi connectivity index (χ3v) is 3.88. The van der Waals surface area contributed by atoms with Gasteiger partial charge < -0.3 is 10.6 Å². The van der Waals surface area contributed by atoms with Gasteiger partial charge in [-0.3, -0.25) is 9.79 Å². The molecule has 2 aliphatic heterocycles. The van der Waals surface area contributed by atoms with Gasteiger partial charge in [-0.1, -0.05) is 18.2 Å². The lowest BCUT2D eigenvalue weighted by molar-refractivity contribution is -0.113. The number of allylic oxidation sites excluding steroid dienone is 3. The van der Waals surface area contributed by atoms with Gasteiger partial charge in [-0.05, 0) is 23.8 Å². The molecule has 0 radical (unpaired) electrons. The fraction of sp³-hybridized carbons (Fsp3) is 0.273. The van der Waals surface area contributed by atoms with Gasteiger partial charge in [-0.2, -0.15) is 0 Å². The van der Waals surface area contributed by atoms with Crippen molar-refractivity contribution in [1.29, 1.82) is 0 Å². The molecule has 2 heterocycles. The summed E-state index contributed by atoms with van der Waals surface area (Å²) in [5, 5.41) is 0.913. The molecule has 0 aromatic rings. The second kappa shape index (κ2) is 4.58. The SMILES string of the molecule is Cl.NC(=O)C1=C(C2=CC=C2)N2CCCN=C2S1. The Morgan fingerprint density at radius 1 is 1.53 bits per heavy atom. The van der Waals surface area contributed by atoms with Crippen LogP contribution < -0.4 is 5.73 Å². The monoisotopic (exact) mass is 269 g/mol. The van der Waals surface area contributed by atoms with Crippen molar-refractivity contribution in [2.24, 2.45) is 10.7 Å². The number of nitrogens with zero attached hydrogens (tertiary/aromatic N) is 2. The van der Waals surface area contributed by atoms with Gasteiger partial charge in [-0.15, -0.1) is 12.4 Å². The lowest BCUT2D eigenvalue weighted by Crippen LogP contribution is -2.30. The maximum atomic E-state index is 11.4. The summed E-state index contributed by atoms with van der Waals surface area (Å²) >= 11 is 1.39. The van der Waals surface area contributed by atoms with E-state index in [4.69, 9.17) is 5.73 Å². The molecule has 0 atom stereocenters. The van der Waals surface area contributed by atoms with Crippen LogP contribution in [0.25, 0.3) is 0 Å². The predicted octanol–water partition coefficient (Wildman–Crippen LogP) is 1.41. The molecule has 3 rings (SSSR count). The normalized spacial score (nSPS) is 21.3. The summed E-state index contributed by atoms with van der Waals surface area (Å²) in [4.78, 5) is 18.6. The minimum absolute atomic E-state index is 0. The van der Waals surface area contributed by atoms with Gasteiger partial charge in [-0.25, -0.2) is 0 Å². The van der Waals surface area contributed by atoms with Crippen LogP contribution in [-0.2, 0) is 4.79 Å². The molecular formula is C11H12ClN3OS. The van der Waals surface area contributed by atoms with Crippen LogP contribution in [0.3, 0.4) is 0 Å². The molecule has 0 saturated carbocycles. The van der Waals surface area contributed by atoms with E-state index < -0.39 is 0 Å². The van der Waals surface area contributed by atoms with Crippen molar-refractivity contribution in [3.63, 3.8) is 0 Å². The van der Waals surface area contributed by atoms with Gasteiger partial charge in [0, 0.05) is 13.1 Å². The highest BCUT2D eigenvalue weighted by molar-refractivity contribution is 8.18. The number of amidine groups is 1. The third kappa shape index (κ3) is 1.89. The number of carbonyl (C=O) groups excluding carboxylic acids is 1. The van der Waals surface area contributed by atoms with E-state index >= 15 is 0 Å². The molecule has 3 aliphatic rings. The number of hydrogen-bond donors (Lipinski definition) is 1. The van der Waals surface area contributed by atoms with Crippen molar-refractivity contribution < 1.29 is 4.79 Å². The third-order valence-electron chi connectivity index (χ3n) is 2.74. The molecule has 6 heteroatoms. The van der Waals surface area contributed by atoms with Crippen molar-refractivity contribution in [2.75, 3.05) is 13.1 Å². The smallest absolute Gasteiger partial charge is 0.257 e. The predicted molar refractivity (Wildman–Crippen MR) is 71.9 cm³/mol. The highest BCUT2D eigenvalue weighted by Crippen LogP contribution is 2.40. The maximum absolute atomic E-state index is 11.4. The number of aliphatic imine (C=N–C) groups is 1. The average Bonchev–Trinajstić information content (AvgIpc) is 2.56. The Hall–Kier alpha value is -1.20. The van der Waals surface area contributed by atoms with Crippen LogP contribution in [0.2, 0.25) is 0 Å². The number of nitrogens with two attached hydrogens (primary N) is 1. The topological polar surface area (TPSA) is 58.7 Å². The van der Waals surface area contributed by atoms with Crippen molar-refractivity contribution in [3.05, 3.63) is 34.4 Å². The molecule has 17 heavy (non-hydrogen) atoms. The molecule has 1 aliphatic carbocycles. The summed E-state index contributed by atoms with van der Waals surface area (Å²) in [6, 6.07) is 0. The molecular weight excluding hydrogens is 258 g/mol. The minimum atomic E-state index is -0.363. The van der Waals surface area contributed by atoms with Crippen molar-refractivity contribution in [2.45, 2.75) is 6.42 Å². The summed E-state index contributed by atoms with van der Waals surface area (Å²) in [5.74, 6) is -0.363. The van der Waals surface area contributed by atoms with E-state index in [0.29, 0.717) is 4.91 Å². The number of primary amides is 1. The molecule has 0 aromatic heterocycles. The van der Waals surface area contributed by atoms with E-state index in [1.165, 1.54) is 11.8 Å². The van der Waals surface area contributed by atoms with Gasteiger partial charge in [0.2, 0.25) is 0 Å². The lowest BCUT2D eigenvalue weighted by Gasteiger charge is -2.26. The van der Waals surface area contributed by atoms with Crippen LogP contribution in [0.1, 0.15) is 6.42 Å². The lowest BCUT2D eigenvalue weighted by atomic mass is 10.0. The number of carbonyl (C=O) groups is 1. The van der Waals surface area contributed by atoms with Crippen molar-refractivity contribution >= 4 is 35.2 Å². The molecule has 2 N–H and O–H groups in total. The van der Waals surface area contributed by atoms with Crippen LogP contribution >= 0.6 is 24.2 Å². The first-order chi connectivity index (χ1) is 7.77. The molecule has 4 nitrogen and oxygen atoms in total. The summed E-state index contributed by atoms with van der Waals surface area (Å²) in [5.41, 5.74) is 7.43. The number of rotatable bonds is 2. The molecule has 0 spiro atoms. The van der Waals surface area contributed by atoms with Crippen molar-refractivity contribution in [3.8, 4) is 0 Å². The molecule has 0 aromatic carbocycles. The van der Waals surface area contributed by atoms with Crippen LogP contribution in [0, 0.1) is 0 Å². The highest BCUT2D eigenvalue weighted by Gasteiger charge is 2.35. The number of hydrogen-bond acceptors (Lipinski definition) is 4. The number of fused-ring (bicyclic) bond motifs is 1. The van der Waals surface area contributed by atoms with Crippen LogP contribution in [0.5, 0.6) is 0 Å². The Balaban J connectivity index is 0.00000108. The van der Waals surface area contributed by atoms with E-state index in [9.17, 15) is 4.79 Å². The van der Waals surface area contributed by atoms with Gasteiger partial charge in [0.15, 0.2) is 5.17 Å². The zero-order chi connectivity index (χ0) is 11.1. The van der Waals surface area contributed by atoms with E-state index in [0.717, 1.165) is 35.9 Å². The second-order valence-electron chi connectivity index (χ2n) is 3.79. The molecule has 0 unspecified atom stereocenters. The van der Waals surface area contributed by atoms with Crippen LogP contribution in [0.4, 0.5) is 0 Å². The summed E-state index contributed by atoms with van der Waals surface area (Å²) in [6.45, 7) is 1.76. The van der Waals surface area contributed by atoms with E-state index in [1.54, 1.807) is 0 Å². The molecule has 90 valence electrons. The summed E-state index contributed by atoms with van der Waals surface area (Å²) in [6.07, 6.45) is 6.98. The van der Waals surface area contributed by atoms with Gasteiger partial charge >= 0.3 is 0 Å². The Morgan fingerprint density at radius 2 is 2.29 bits per heavy atom. The second-order valence-corrected chi connectivity index (χ2v) is 4.77. The first-order valence-electron chi connectivity index (χ1n) is 5.20. The first kappa shape index (κ1) is 12.3. The van der Waals surface area contributed by atoms with Crippen molar-refractivity contribution in [1.82, 2.24) is 4.90 Å².